The average molecular weight is 317 g/mol. The molecule has 1 rings (SSSR count). The predicted molar refractivity (Wildman–Crippen MR) is 82.0 cm³/mol. The van der Waals surface area contributed by atoms with Gasteiger partial charge in [0.15, 0.2) is 0 Å². The highest BCUT2D eigenvalue weighted by molar-refractivity contribution is 6.31. The Morgan fingerprint density at radius 1 is 1.43 bits per heavy atom. The van der Waals surface area contributed by atoms with Crippen LogP contribution < -0.4 is 5.32 Å². The summed E-state index contributed by atoms with van der Waals surface area (Å²) in [4.78, 5) is 14.1. The second kappa shape index (κ2) is 8.97. The van der Waals surface area contributed by atoms with E-state index in [4.69, 9.17) is 16.3 Å². The Morgan fingerprint density at radius 3 is 2.62 bits per heavy atom. The van der Waals surface area contributed by atoms with Crippen LogP contribution in [0.15, 0.2) is 18.2 Å². The Morgan fingerprint density at radius 2 is 2.10 bits per heavy atom. The largest absolute Gasteiger partial charge is 0.468 e. The number of rotatable bonds is 8. The molecule has 0 aliphatic carbocycles. The number of halogens is 2. The van der Waals surface area contributed by atoms with Crippen molar-refractivity contribution in [2.75, 3.05) is 33.3 Å². The first-order valence-corrected chi connectivity index (χ1v) is 7.40. The zero-order valence-corrected chi connectivity index (χ0v) is 13.4. The van der Waals surface area contributed by atoms with Crippen molar-refractivity contribution in [3.63, 3.8) is 0 Å². The third-order valence-electron chi connectivity index (χ3n) is 3.40. The second-order valence-electron chi connectivity index (χ2n) is 4.57. The Bertz CT molecular complexity index is 447. The summed E-state index contributed by atoms with van der Waals surface area (Å²) >= 11 is 6.02. The van der Waals surface area contributed by atoms with Gasteiger partial charge in [0.1, 0.15) is 11.9 Å². The van der Waals surface area contributed by atoms with Gasteiger partial charge in [0.05, 0.1) is 7.11 Å². The molecule has 118 valence electrons. The van der Waals surface area contributed by atoms with Crippen LogP contribution in [-0.2, 0) is 9.53 Å². The predicted octanol–water partition coefficient (Wildman–Crippen LogP) is 2.62. The molecule has 21 heavy (non-hydrogen) atoms. The first-order chi connectivity index (χ1) is 10.0. The van der Waals surface area contributed by atoms with Gasteiger partial charge < -0.3 is 9.64 Å². The van der Waals surface area contributed by atoms with Gasteiger partial charge in [0, 0.05) is 23.7 Å². The van der Waals surface area contributed by atoms with E-state index in [2.05, 4.69) is 24.1 Å². The molecule has 6 heteroatoms. The number of carbonyl (C=O) groups excluding carboxylic acids is 1. The number of benzene rings is 1. The lowest BCUT2D eigenvalue weighted by Gasteiger charge is -2.22. The molecule has 0 bridgehead atoms. The normalized spacial score (nSPS) is 12.5. The van der Waals surface area contributed by atoms with Crippen LogP contribution in [0.3, 0.4) is 0 Å². The molecule has 0 aliphatic rings. The maximum atomic E-state index is 14.0. The zero-order valence-electron chi connectivity index (χ0n) is 12.7. The molecule has 0 radical (unpaired) electrons. The van der Waals surface area contributed by atoms with Crippen LogP contribution in [0.25, 0.3) is 0 Å². The molecule has 0 fully saturated rings. The number of ether oxygens (including phenoxy) is 1. The second-order valence-corrected chi connectivity index (χ2v) is 4.98. The van der Waals surface area contributed by atoms with Crippen molar-refractivity contribution in [2.24, 2.45) is 0 Å². The molecule has 0 spiro atoms. The highest BCUT2D eigenvalue weighted by Crippen LogP contribution is 2.26. The molecule has 1 aromatic carbocycles. The lowest BCUT2D eigenvalue weighted by Crippen LogP contribution is -2.37. The van der Waals surface area contributed by atoms with Crippen LogP contribution in [-0.4, -0.2) is 44.2 Å². The van der Waals surface area contributed by atoms with E-state index in [-0.39, 0.29) is 10.6 Å². The van der Waals surface area contributed by atoms with E-state index in [1.807, 2.05) is 0 Å². The van der Waals surface area contributed by atoms with Crippen molar-refractivity contribution >= 4 is 17.6 Å². The summed E-state index contributed by atoms with van der Waals surface area (Å²) in [7, 11) is 1.27. The minimum absolute atomic E-state index is 0.130. The van der Waals surface area contributed by atoms with Gasteiger partial charge in [0.2, 0.25) is 0 Å². The Hall–Kier alpha value is -1.17. The van der Waals surface area contributed by atoms with Gasteiger partial charge in [-0.15, -0.1) is 0 Å². The van der Waals surface area contributed by atoms with Gasteiger partial charge in [-0.3, -0.25) is 5.32 Å². The lowest BCUT2D eigenvalue weighted by molar-refractivity contribution is -0.143. The topological polar surface area (TPSA) is 41.6 Å². The molecule has 1 aromatic rings. The zero-order chi connectivity index (χ0) is 15.8. The number of hydrogen-bond donors (Lipinski definition) is 1. The number of methoxy groups -OCH3 is 1. The molecule has 0 saturated heterocycles. The number of carbonyl (C=O) groups is 1. The van der Waals surface area contributed by atoms with Crippen molar-refractivity contribution in [1.82, 2.24) is 10.2 Å². The molecule has 0 heterocycles. The smallest absolute Gasteiger partial charge is 0.327 e. The third kappa shape index (κ3) is 4.95. The molecule has 4 nitrogen and oxygen atoms in total. The van der Waals surface area contributed by atoms with E-state index < -0.39 is 17.8 Å². The van der Waals surface area contributed by atoms with Crippen molar-refractivity contribution < 1.29 is 13.9 Å². The molecule has 0 amide bonds. The lowest BCUT2D eigenvalue weighted by atomic mass is 10.1. The van der Waals surface area contributed by atoms with Crippen LogP contribution in [0.2, 0.25) is 5.02 Å². The Balaban J connectivity index is 2.85. The summed E-state index contributed by atoms with van der Waals surface area (Å²) in [5.74, 6) is -1.07. The summed E-state index contributed by atoms with van der Waals surface area (Å²) in [5.41, 5.74) is 0.130. The van der Waals surface area contributed by atoms with E-state index in [1.165, 1.54) is 19.2 Å². The van der Waals surface area contributed by atoms with Crippen molar-refractivity contribution in [3.05, 3.63) is 34.6 Å². The fourth-order valence-corrected chi connectivity index (χ4v) is 2.39. The fraction of sp³-hybridized carbons (Fsp3) is 0.533. The average Bonchev–Trinajstić information content (AvgIpc) is 2.48. The van der Waals surface area contributed by atoms with Gasteiger partial charge in [0.25, 0.3) is 0 Å². The minimum atomic E-state index is -0.903. The molecular formula is C15H22ClFN2O2. The van der Waals surface area contributed by atoms with Crippen LogP contribution >= 0.6 is 11.6 Å². The SMILES string of the molecule is CCN(CC)CCNC(C(=O)OC)c1c(F)cccc1Cl. The number of nitrogens with zero attached hydrogens (tertiary/aromatic N) is 1. The summed E-state index contributed by atoms with van der Waals surface area (Å²) < 4.78 is 18.7. The highest BCUT2D eigenvalue weighted by Gasteiger charge is 2.26. The monoisotopic (exact) mass is 316 g/mol. The molecular weight excluding hydrogens is 295 g/mol. The van der Waals surface area contributed by atoms with Crippen molar-refractivity contribution in [3.8, 4) is 0 Å². The fourth-order valence-electron chi connectivity index (χ4n) is 2.11. The number of esters is 1. The Labute approximate surface area is 130 Å². The van der Waals surface area contributed by atoms with Gasteiger partial charge in [-0.1, -0.05) is 31.5 Å². The van der Waals surface area contributed by atoms with Crippen molar-refractivity contribution in [1.29, 1.82) is 0 Å². The quantitative estimate of drug-likeness (QED) is 0.749. The van der Waals surface area contributed by atoms with Crippen LogP contribution in [0.1, 0.15) is 25.5 Å². The highest BCUT2D eigenvalue weighted by atomic mass is 35.5. The maximum absolute atomic E-state index is 14.0. The molecule has 0 aliphatic heterocycles. The molecule has 1 atom stereocenters. The number of likely N-dealkylation sites (N-methyl/N-ethyl adjacent to an activating group) is 1. The first-order valence-electron chi connectivity index (χ1n) is 7.02. The molecule has 0 aromatic heterocycles. The van der Waals surface area contributed by atoms with Gasteiger partial charge in [-0.25, -0.2) is 9.18 Å². The van der Waals surface area contributed by atoms with Gasteiger partial charge in [-0.05, 0) is 25.2 Å². The third-order valence-corrected chi connectivity index (χ3v) is 3.73. The van der Waals surface area contributed by atoms with E-state index in [0.717, 1.165) is 19.6 Å². The summed E-state index contributed by atoms with van der Waals surface area (Å²) in [5, 5.41) is 3.24. The van der Waals surface area contributed by atoms with Crippen LogP contribution in [0.5, 0.6) is 0 Å². The van der Waals surface area contributed by atoms with Crippen molar-refractivity contribution in [2.45, 2.75) is 19.9 Å². The van der Waals surface area contributed by atoms with E-state index in [9.17, 15) is 9.18 Å². The Kier molecular flexibility index (Phi) is 7.64. The van der Waals surface area contributed by atoms with E-state index >= 15 is 0 Å². The number of hydrogen-bond acceptors (Lipinski definition) is 4. The maximum Gasteiger partial charge on any atom is 0.327 e. The molecule has 0 saturated carbocycles. The van der Waals surface area contributed by atoms with Gasteiger partial charge in [-0.2, -0.15) is 0 Å². The van der Waals surface area contributed by atoms with E-state index in [1.54, 1.807) is 6.07 Å². The number of nitrogens with one attached hydrogen (secondary N) is 1. The summed E-state index contributed by atoms with van der Waals surface area (Å²) in [6.45, 7) is 7.26. The van der Waals surface area contributed by atoms with Crippen LogP contribution in [0.4, 0.5) is 4.39 Å². The van der Waals surface area contributed by atoms with E-state index in [0.29, 0.717) is 6.54 Å². The molecule has 1 unspecified atom stereocenters. The van der Waals surface area contributed by atoms with Gasteiger partial charge >= 0.3 is 5.97 Å². The standard InChI is InChI=1S/C15H22ClFN2O2/c1-4-19(5-2)10-9-18-14(15(20)21-3)13-11(16)7-6-8-12(13)17/h6-8,14,18H,4-5,9-10H2,1-3H3. The molecule has 1 N–H and O–H groups in total. The summed E-state index contributed by atoms with van der Waals surface area (Å²) in [6, 6.07) is 3.44. The summed E-state index contributed by atoms with van der Waals surface area (Å²) in [6.07, 6.45) is 0. The van der Waals surface area contributed by atoms with Crippen LogP contribution in [0, 0.1) is 5.82 Å². The minimum Gasteiger partial charge on any atom is -0.468 e. The first kappa shape index (κ1) is 17.9.